The number of benzene rings is 1. The number of sulfonamides is 1. The molecule has 0 aliphatic rings. The second-order valence-electron chi connectivity index (χ2n) is 3.95. The second kappa shape index (κ2) is 6.35. The van der Waals surface area contributed by atoms with Crippen LogP contribution in [0.15, 0.2) is 47.6 Å². The number of para-hydroxylation sites is 1. The SMILES string of the molecule is O=S(=O)(Nc1ccccc1F)c1cncc(C#CCO)c1. The minimum Gasteiger partial charge on any atom is -0.384 e. The molecule has 0 aliphatic carbocycles. The Labute approximate surface area is 121 Å². The maximum Gasteiger partial charge on any atom is 0.263 e. The molecule has 2 aromatic rings. The van der Waals surface area contributed by atoms with Crippen molar-refractivity contribution >= 4 is 15.7 Å². The minimum absolute atomic E-state index is 0.143. The van der Waals surface area contributed by atoms with Crippen LogP contribution in [0.3, 0.4) is 0 Å². The Morgan fingerprint density at radius 1 is 1.29 bits per heavy atom. The highest BCUT2D eigenvalue weighted by Gasteiger charge is 2.16. The van der Waals surface area contributed by atoms with E-state index in [1.807, 2.05) is 0 Å². The van der Waals surface area contributed by atoms with Crippen molar-refractivity contribution in [1.29, 1.82) is 0 Å². The van der Waals surface area contributed by atoms with Crippen LogP contribution in [0.5, 0.6) is 0 Å². The molecule has 2 rings (SSSR count). The average Bonchev–Trinajstić information content (AvgIpc) is 2.48. The molecule has 2 N–H and O–H groups in total. The van der Waals surface area contributed by atoms with E-state index in [-0.39, 0.29) is 17.2 Å². The Hall–Kier alpha value is -2.43. The molecule has 0 amide bonds. The molecule has 0 saturated heterocycles. The summed E-state index contributed by atoms with van der Waals surface area (Å²) in [6.07, 6.45) is 2.50. The summed E-state index contributed by atoms with van der Waals surface area (Å²) in [5.74, 6) is 4.27. The van der Waals surface area contributed by atoms with Crippen LogP contribution in [0.4, 0.5) is 10.1 Å². The van der Waals surface area contributed by atoms with Crippen LogP contribution < -0.4 is 4.72 Å². The molecule has 5 nitrogen and oxygen atoms in total. The molecule has 0 spiro atoms. The van der Waals surface area contributed by atoms with Crippen molar-refractivity contribution in [2.45, 2.75) is 4.90 Å². The van der Waals surface area contributed by atoms with Gasteiger partial charge in [0.25, 0.3) is 10.0 Å². The molecule has 0 atom stereocenters. The van der Waals surface area contributed by atoms with Gasteiger partial charge < -0.3 is 5.11 Å². The van der Waals surface area contributed by atoms with Crippen molar-refractivity contribution in [2.24, 2.45) is 0 Å². The molecule has 108 valence electrons. The van der Waals surface area contributed by atoms with Gasteiger partial charge in [-0.05, 0) is 18.2 Å². The van der Waals surface area contributed by atoms with E-state index >= 15 is 0 Å². The van der Waals surface area contributed by atoms with Crippen molar-refractivity contribution in [3.05, 3.63) is 54.1 Å². The number of hydrogen-bond donors (Lipinski definition) is 2. The Morgan fingerprint density at radius 3 is 2.76 bits per heavy atom. The molecular weight excluding hydrogens is 295 g/mol. The fourth-order valence-electron chi connectivity index (χ4n) is 1.52. The first-order valence-electron chi connectivity index (χ1n) is 5.85. The van der Waals surface area contributed by atoms with Crippen LogP contribution in [0.25, 0.3) is 0 Å². The molecule has 0 radical (unpaired) electrons. The summed E-state index contributed by atoms with van der Waals surface area (Å²) in [5.41, 5.74) is 0.185. The lowest BCUT2D eigenvalue weighted by Gasteiger charge is -2.08. The number of aromatic nitrogens is 1. The van der Waals surface area contributed by atoms with E-state index in [2.05, 4.69) is 21.5 Å². The smallest absolute Gasteiger partial charge is 0.263 e. The maximum absolute atomic E-state index is 13.5. The summed E-state index contributed by atoms with van der Waals surface area (Å²) in [5, 5.41) is 8.62. The third kappa shape index (κ3) is 3.78. The fraction of sp³-hybridized carbons (Fsp3) is 0.0714. The van der Waals surface area contributed by atoms with Gasteiger partial charge in [-0.25, -0.2) is 12.8 Å². The van der Waals surface area contributed by atoms with E-state index < -0.39 is 15.8 Å². The second-order valence-corrected chi connectivity index (χ2v) is 5.64. The lowest BCUT2D eigenvalue weighted by molar-refractivity contribution is 0.350. The van der Waals surface area contributed by atoms with Gasteiger partial charge in [0.15, 0.2) is 0 Å². The predicted octanol–water partition coefficient (Wildman–Crippen LogP) is 1.37. The van der Waals surface area contributed by atoms with Crippen molar-refractivity contribution < 1.29 is 17.9 Å². The van der Waals surface area contributed by atoms with Gasteiger partial charge in [0.05, 0.1) is 5.69 Å². The Bertz CT molecular complexity index is 810. The van der Waals surface area contributed by atoms with Gasteiger partial charge in [0, 0.05) is 18.0 Å². The molecule has 1 aromatic carbocycles. The van der Waals surface area contributed by atoms with Crippen molar-refractivity contribution in [1.82, 2.24) is 4.98 Å². The average molecular weight is 306 g/mol. The van der Waals surface area contributed by atoms with Crippen molar-refractivity contribution in [2.75, 3.05) is 11.3 Å². The van der Waals surface area contributed by atoms with Crippen molar-refractivity contribution in [3.63, 3.8) is 0 Å². The highest BCUT2D eigenvalue weighted by Crippen LogP contribution is 2.18. The van der Waals surface area contributed by atoms with E-state index in [4.69, 9.17) is 5.11 Å². The Balaban J connectivity index is 2.34. The van der Waals surface area contributed by atoms with E-state index in [9.17, 15) is 12.8 Å². The van der Waals surface area contributed by atoms with Gasteiger partial charge in [-0.2, -0.15) is 0 Å². The predicted molar refractivity (Wildman–Crippen MR) is 75.4 cm³/mol. The topological polar surface area (TPSA) is 79.3 Å². The lowest BCUT2D eigenvalue weighted by atomic mass is 10.3. The summed E-state index contributed by atoms with van der Waals surface area (Å²) in [4.78, 5) is 3.63. The summed E-state index contributed by atoms with van der Waals surface area (Å²) in [6, 6.07) is 6.73. The molecule has 1 aromatic heterocycles. The lowest BCUT2D eigenvalue weighted by Crippen LogP contribution is -2.14. The van der Waals surface area contributed by atoms with Gasteiger partial charge in [-0.3, -0.25) is 9.71 Å². The van der Waals surface area contributed by atoms with Crippen LogP contribution >= 0.6 is 0 Å². The fourth-order valence-corrected chi connectivity index (χ4v) is 2.58. The third-order valence-corrected chi connectivity index (χ3v) is 3.79. The van der Waals surface area contributed by atoms with Crippen LogP contribution in [0.1, 0.15) is 5.56 Å². The largest absolute Gasteiger partial charge is 0.384 e. The summed E-state index contributed by atoms with van der Waals surface area (Å²) in [7, 11) is -3.97. The number of halogens is 1. The number of nitrogens with zero attached hydrogens (tertiary/aromatic N) is 1. The normalized spacial score (nSPS) is 10.6. The van der Waals surface area contributed by atoms with E-state index in [0.29, 0.717) is 5.56 Å². The van der Waals surface area contributed by atoms with Gasteiger partial charge in [-0.15, -0.1) is 0 Å². The molecule has 0 saturated carbocycles. The zero-order chi connectivity index (χ0) is 15.3. The quantitative estimate of drug-likeness (QED) is 0.839. The van der Waals surface area contributed by atoms with E-state index in [0.717, 1.165) is 12.3 Å². The highest BCUT2D eigenvalue weighted by molar-refractivity contribution is 7.92. The van der Waals surface area contributed by atoms with Crippen LogP contribution in [0, 0.1) is 17.7 Å². The molecule has 0 bridgehead atoms. The monoisotopic (exact) mass is 306 g/mol. The van der Waals surface area contributed by atoms with Crippen molar-refractivity contribution in [3.8, 4) is 11.8 Å². The highest BCUT2D eigenvalue weighted by atomic mass is 32.2. The van der Waals surface area contributed by atoms with Crippen LogP contribution in [-0.4, -0.2) is 25.1 Å². The molecule has 21 heavy (non-hydrogen) atoms. The number of aliphatic hydroxyl groups is 1. The number of aliphatic hydroxyl groups excluding tert-OH is 1. The van der Waals surface area contributed by atoms with E-state index in [1.165, 1.54) is 30.5 Å². The summed E-state index contributed by atoms with van der Waals surface area (Å²) in [6.45, 7) is -0.343. The van der Waals surface area contributed by atoms with Crippen LogP contribution in [-0.2, 0) is 10.0 Å². The van der Waals surface area contributed by atoms with Gasteiger partial charge >= 0.3 is 0 Å². The van der Waals surface area contributed by atoms with Crippen LogP contribution in [0.2, 0.25) is 0 Å². The first-order chi connectivity index (χ1) is 10.0. The number of pyridine rings is 1. The zero-order valence-corrected chi connectivity index (χ0v) is 11.6. The Kier molecular flexibility index (Phi) is 4.52. The number of nitrogens with one attached hydrogen (secondary N) is 1. The van der Waals surface area contributed by atoms with Gasteiger partial charge in [0.1, 0.15) is 17.3 Å². The molecule has 0 fully saturated rings. The number of anilines is 1. The maximum atomic E-state index is 13.5. The molecule has 1 heterocycles. The first-order valence-corrected chi connectivity index (χ1v) is 7.33. The molecule has 0 unspecified atom stereocenters. The number of rotatable bonds is 3. The molecule has 7 heteroatoms. The molecular formula is C14H11FN2O3S. The third-order valence-electron chi connectivity index (χ3n) is 2.45. The zero-order valence-electron chi connectivity index (χ0n) is 10.7. The first kappa shape index (κ1) is 15.0. The summed E-state index contributed by atoms with van der Waals surface area (Å²) < 4.78 is 40.0. The summed E-state index contributed by atoms with van der Waals surface area (Å²) >= 11 is 0. The molecule has 0 aliphatic heterocycles. The van der Waals surface area contributed by atoms with Gasteiger partial charge in [0.2, 0.25) is 0 Å². The van der Waals surface area contributed by atoms with Gasteiger partial charge in [-0.1, -0.05) is 24.0 Å². The van der Waals surface area contributed by atoms with E-state index in [1.54, 1.807) is 0 Å². The number of hydrogen-bond acceptors (Lipinski definition) is 4. The minimum atomic E-state index is -3.97. The Morgan fingerprint density at radius 2 is 2.05 bits per heavy atom. The standard InChI is InChI=1S/C14H11FN2O3S/c15-13-5-1-2-6-14(13)17-21(19,20)12-8-11(4-3-7-18)9-16-10-12/h1-2,5-6,8-10,17-18H,7H2.